The third kappa shape index (κ3) is 23.3. The van der Waals surface area contributed by atoms with Crippen LogP contribution in [0.25, 0.3) is 0 Å². The maximum Gasteiger partial charge on any atom is 0.333 e. The van der Waals surface area contributed by atoms with Gasteiger partial charge in [0.2, 0.25) is 0 Å². The van der Waals surface area contributed by atoms with Gasteiger partial charge in [-0.2, -0.15) is 8.42 Å². The van der Waals surface area contributed by atoms with Gasteiger partial charge in [0.1, 0.15) is 25.9 Å². The highest BCUT2D eigenvalue weighted by molar-refractivity contribution is 7.86. The number of esters is 4. The van der Waals surface area contributed by atoms with Crippen LogP contribution in [-0.2, 0) is 57.2 Å². The van der Waals surface area contributed by atoms with Gasteiger partial charge in [-0.15, -0.1) is 0 Å². The Morgan fingerprint density at radius 1 is 0.783 bits per heavy atom. The highest BCUT2D eigenvalue weighted by Crippen LogP contribution is 2.13. The van der Waals surface area contributed by atoms with Crippen molar-refractivity contribution in [1.29, 1.82) is 0 Å². The molecular formula is C32H46O13S. The number of hydrogen-bond acceptors (Lipinski definition) is 13. The van der Waals surface area contributed by atoms with Gasteiger partial charge in [-0.1, -0.05) is 44.0 Å². The number of methoxy groups -OCH3 is 1. The minimum Gasteiger partial charge on any atom is -0.466 e. The Hall–Kier alpha value is -4.11. The van der Waals surface area contributed by atoms with Crippen LogP contribution in [0.3, 0.4) is 0 Å². The molecule has 0 bridgehead atoms. The van der Waals surface area contributed by atoms with Gasteiger partial charge in [0, 0.05) is 35.3 Å². The van der Waals surface area contributed by atoms with Crippen molar-refractivity contribution in [2.45, 2.75) is 52.0 Å². The van der Waals surface area contributed by atoms with E-state index in [1.807, 2.05) is 6.92 Å². The van der Waals surface area contributed by atoms with Gasteiger partial charge in [-0.25, -0.2) is 19.2 Å². The molecule has 1 atom stereocenters. The van der Waals surface area contributed by atoms with Crippen LogP contribution in [0, 0.1) is 6.92 Å². The quantitative estimate of drug-likeness (QED) is 0.0759. The Labute approximate surface area is 271 Å². The average molecular weight is 671 g/mol. The molecule has 1 aliphatic heterocycles. The van der Waals surface area contributed by atoms with E-state index in [0.29, 0.717) is 36.4 Å². The minimum atomic E-state index is -3.81. The predicted molar refractivity (Wildman–Crippen MR) is 170 cm³/mol. The first kappa shape index (κ1) is 44.0. The first-order chi connectivity index (χ1) is 21.4. The summed E-state index contributed by atoms with van der Waals surface area (Å²) in [5.41, 5.74) is 2.46. The fraction of sp³-hybridized carbons (Fsp3) is 0.438. The number of hydrogen-bond donors (Lipinski definition) is 1. The van der Waals surface area contributed by atoms with E-state index in [4.69, 9.17) is 23.5 Å². The van der Waals surface area contributed by atoms with Crippen molar-refractivity contribution in [2.75, 3.05) is 46.8 Å². The van der Waals surface area contributed by atoms with Crippen LogP contribution in [-0.4, -0.2) is 90.3 Å². The molecule has 14 heteroatoms. The number of epoxide rings is 1. The van der Waals surface area contributed by atoms with Crippen LogP contribution in [0.4, 0.5) is 0 Å². The third-order valence-electron chi connectivity index (χ3n) is 4.78. The number of carbonyl (C=O) groups excluding carboxylic acids is 4. The van der Waals surface area contributed by atoms with Crippen molar-refractivity contribution in [2.24, 2.45) is 0 Å². The van der Waals surface area contributed by atoms with E-state index in [0.717, 1.165) is 5.56 Å². The summed E-state index contributed by atoms with van der Waals surface area (Å²) in [7, 11) is -2.48. The lowest BCUT2D eigenvalue weighted by atomic mass is 10.2. The Kier molecular flexibility index (Phi) is 23.1. The Morgan fingerprint density at radius 2 is 1.22 bits per heavy atom. The second-order valence-electron chi connectivity index (χ2n) is 9.60. The highest BCUT2D eigenvalue weighted by Gasteiger charge is 2.24. The van der Waals surface area contributed by atoms with Crippen molar-refractivity contribution in [3.63, 3.8) is 0 Å². The number of ether oxygens (including phenoxy) is 5. The van der Waals surface area contributed by atoms with Gasteiger partial charge in [-0.3, -0.25) is 4.18 Å². The highest BCUT2D eigenvalue weighted by atomic mass is 32.2. The molecule has 0 spiro atoms. The van der Waals surface area contributed by atoms with E-state index in [1.165, 1.54) is 26.2 Å². The van der Waals surface area contributed by atoms with Crippen LogP contribution in [0.15, 0.2) is 77.8 Å². The molecule has 0 amide bonds. The normalized spacial score (nSPS) is 12.5. The molecule has 13 nitrogen and oxygen atoms in total. The summed E-state index contributed by atoms with van der Waals surface area (Å²) in [6.07, 6.45) is 0.627. The maximum absolute atomic E-state index is 11.7. The second kappa shape index (κ2) is 24.2. The summed E-state index contributed by atoms with van der Waals surface area (Å²) in [5.74, 6) is -1.65. The average Bonchev–Trinajstić information content (AvgIpc) is 3.83. The standard InChI is InChI=1S/C13H16O5S.C7H10O3.C7H12O3.C5H8O2/c1-10(2)13(14)17-8-9-18-19(15,16)12-6-4-11(3)5-7-12;1-5(2)7(8)10-4-6-3-9-6;1-6(2)7(9)10-5-3-4-8;1-4(2)5(6)7-3/h4-7H,1,8-9H2,2-3H3;6H,1,3-4H2,2H3;8H,1,3-5H2,2H3;1H2,2-3H3. The first-order valence-corrected chi connectivity index (χ1v) is 15.2. The molecule has 1 aromatic carbocycles. The SMILES string of the molecule is C=C(C)C(=O)OC.C=C(C)C(=O)OCC1CO1.C=C(C)C(=O)OCCCO.C=C(C)C(=O)OCCOS(=O)(=O)c1ccc(C)cc1. The fourth-order valence-electron chi connectivity index (χ4n) is 2.16. The number of aryl methyl sites for hydroxylation is 1. The van der Waals surface area contributed by atoms with Crippen molar-refractivity contribution in [1.82, 2.24) is 0 Å². The van der Waals surface area contributed by atoms with Gasteiger partial charge >= 0.3 is 23.9 Å². The van der Waals surface area contributed by atoms with Gasteiger partial charge in [0.25, 0.3) is 10.1 Å². The molecule has 1 N–H and O–H groups in total. The Morgan fingerprint density at radius 3 is 1.59 bits per heavy atom. The zero-order valence-electron chi connectivity index (χ0n) is 27.4. The molecule has 1 unspecified atom stereocenters. The monoisotopic (exact) mass is 670 g/mol. The molecule has 0 saturated carbocycles. The molecule has 1 fully saturated rings. The molecule has 0 aliphatic carbocycles. The van der Waals surface area contributed by atoms with E-state index < -0.39 is 22.1 Å². The van der Waals surface area contributed by atoms with Crippen LogP contribution < -0.4 is 0 Å². The summed E-state index contributed by atoms with van der Waals surface area (Å²) >= 11 is 0. The summed E-state index contributed by atoms with van der Waals surface area (Å²) in [4.78, 5) is 42.6. The van der Waals surface area contributed by atoms with E-state index in [9.17, 15) is 27.6 Å². The predicted octanol–water partition coefficient (Wildman–Crippen LogP) is 3.55. The third-order valence-corrected chi connectivity index (χ3v) is 6.11. The van der Waals surface area contributed by atoms with Crippen molar-refractivity contribution in [3.8, 4) is 0 Å². The van der Waals surface area contributed by atoms with Gasteiger partial charge in [0.05, 0.1) is 25.2 Å². The molecular weight excluding hydrogens is 624 g/mol. The zero-order valence-corrected chi connectivity index (χ0v) is 28.2. The smallest absolute Gasteiger partial charge is 0.333 e. The van der Waals surface area contributed by atoms with E-state index in [2.05, 4.69) is 35.8 Å². The largest absolute Gasteiger partial charge is 0.466 e. The number of benzene rings is 1. The molecule has 0 radical (unpaired) electrons. The first-order valence-electron chi connectivity index (χ1n) is 13.8. The number of aliphatic hydroxyl groups excluding tert-OH is 1. The number of aliphatic hydroxyl groups is 1. The molecule has 1 aliphatic rings. The summed E-state index contributed by atoms with van der Waals surface area (Å²) in [6.45, 7) is 22.8. The van der Waals surface area contributed by atoms with E-state index in [1.54, 1.807) is 32.9 Å². The van der Waals surface area contributed by atoms with Crippen LogP contribution in [0.2, 0.25) is 0 Å². The van der Waals surface area contributed by atoms with Crippen molar-refractivity contribution < 1.29 is 60.6 Å². The van der Waals surface area contributed by atoms with Crippen LogP contribution in [0.1, 0.15) is 39.7 Å². The topological polar surface area (TPSA) is 181 Å². The van der Waals surface area contributed by atoms with Crippen LogP contribution in [0.5, 0.6) is 0 Å². The molecule has 46 heavy (non-hydrogen) atoms. The minimum absolute atomic E-state index is 0.0451. The summed E-state index contributed by atoms with van der Waals surface area (Å²) < 4.78 is 51.5. The van der Waals surface area contributed by atoms with Gasteiger partial charge in [-0.05, 0) is 46.8 Å². The maximum atomic E-state index is 11.7. The lowest BCUT2D eigenvalue weighted by Gasteiger charge is -2.07. The summed E-state index contributed by atoms with van der Waals surface area (Å²) in [6, 6.07) is 6.28. The van der Waals surface area contributed by atoms with Crippen molar-refractivity contribution >= 4 is 34.0 Å². The molecule has 1 aromatic rings. The van der Waals surface area contributed by atoms with E-state index >= 15 is 0 Å². The number of carbonyl (C=O) groups is 4. The molecule has 0 aromatic heterocycles. The Bertz CT molecular complexity index is 1290. The zero-order chi connectivity index (χ0) is 35.9. The van der Waals surface area contributed by atoms with Crippen LogP contribution >= 0.6 is 0 Å². The summed E-state index contributed by atoms with van der Waals surface area (Å²) in [5, 5.41) is 8.30. The van der Waals surface area contributed by atoms with Crippen molar-refractivity contribution in [3.05, 3.63) is 78.4 Å². The molecule has 1 heterocycles. The second-order valence-corrected chi connectivity index (χ2v) is 11.2. The lowest BCUT2D eigenvalue weighted by Crippen LogP contribution is -2.14. The lowest BCUT2D eigenvalue weighted by molar-refractivity contribution is -0.140. The van der Waals surface area contributed by atoms with Gasteiger partial charge in [0.15, 0.2) is 0 Å². The molecule has 258 valence electrons. The van der Waals surface area contributed by atoms with E-state index in [-0.39, 0.29) is 54.9 Å². The Balaban J connectivity index is 0. The molecule has 2 rings (SSSR count). The van der Waals surface area contributed by atoms with Gasteiger partial charge < -0.3 is 28.8 Å². The number of rotatable bonds is 14. The molecule has 1 saturated heterocycles. The fourth-order valence-corrected chi connectivity index (χ4v) is 3.05.